The molecule has 2 unspecified atom stereocenters. The monoisotopic (exact) mass is 278 g/mol. The van der Waals surface area contributed by atoms with Crippen LogP contribution in [-0.4, -0.2) is 36.1 Å². The minimum absolute atomic E-state index is 0.00289. The van der Waals surface area contributed by atoms with Gasteiger partial charge in [0.15, 0.2) is 0 Å². The number of hydrogen-bond donors (Lipinski definition) is 2. The van der Waals surface area contributed by atoms with Crippen LogP contribution in [0.4, 0.5) is 5.82 Å². The molecule has 4 nitrogen and oxygen atoms in total. The van der Waals surface area contributed by atoms with Gasteiger partial charge in [0, 0.05) is 17.3 Å². The van der Waals surface area contributed by atoms with Gasteiger partial charge in [-0.05, 0) is 59.0 Å². The van der Waals surface area contributed by atoms with Crippen LogP contribution in [-0.2, 0) is 0 Å². The van der Waals surface area contributed by atoms with Crippen LogP contribution in [0, 0.1) is 6.92 Å². The number of likely N-dealkylation sites (N-methyl/N-ethyl adjacent to an activating group) is 1. The third kappa shape index (κ3) is 3.30. The van der Waals surface area contributed by atoms with Gasteiger partial charge >= 0.3 is 0 Å². The van der Waals surface area contributed by atoms with Crippen molar-refractivity contribution in [2.75, 3.05) is 26.4 Å². The number of aromatic nitrogens is 1. The number of nitrogens with one attached hydrogen (secondary N) is 1. The molecule has 1 rings (SSSR count). The molecule has 0 bridgehead atoms. The zero-order valence-corrected chi connectivity index (χ0v) is 13.8. The lowest BCUT2D eigenvalue weighted by molar-refractivity contribution is 0.112. The third-order valence-corrected chi connectivity index (χ3v) is 4.49. The highest BCUT2D eigenvalue weighted by Gasteiger charge is 2.37. The highest BCUT2D eigenvalue weighted by Crippen LogP contribution is 2.36. The summed E-state index contributed by atoms with van der Waals surface area (Å²) in [7, 11) is 4.26. The van der Waals surface area contributed by atoms with Crippen molar-refractivity contribution in [3.63, 3.8) is 0 Å². The lowest BCUT2D eigenvalue weighted by atomic mass is 9.82. The molecule has 0 aliphatic carbocycles. The summed E-state index contributed by atoms with van der Waals surface area (Å²) in [4.78, 5) is 6.58. The molecule has 0 radical (unpaired) electrons. The Hall–Kier alpha value is -1.13. The Balaban J connectivity index is 3.31. The summed E-state index contributed by atoms with van der Waals surface area (Å²) in [5.74, 6) is 0.639. The third-order valence-electron chi connectivity index (χ3n) is 4.49. The van der Waals surface area contributed by atoms with Gasteiger partial charge in [0.25, 0.3) is 0 Å². The minimum Gasteiger partial charge on any atom is -0.383 e. The summed E-state index contributed by atoms with van der Waals surface area (Å²) in [5.41, 5.74) is 8.51. The predicted molar refractivity (Wildman–Crippen MR) is 86.8 cm³/mol. The maximum absolute atomic E-state index is 6.18. The van der Waals surface area contributed by atoms with E-state index in [-0.39, 0.29) is 11.6 Å². The van der Waals surface area contributed by atoms with Gasteiger partial charge < -0.3 is 16.0 Å². The zero-order valence-electron chi connectivity index (χ0n) is 13.8. The van der Waals surface area contributed by atoms with E-state index in [0.717, 1.165) is 24.9 Å². The Labute approximate surface area is 123 Å². The van der Waals surface area contributed by atoms with Crippen LogP contribution >= 0.6 is 0 Å². The van der Waals surface area contributed by atoms with E-state index < -0.39 is 0 Å². The molecule has 0 saturated heterocycles. The van der Waals surface area contributed by atoms with E-state index in [9.17, 15) is 0 Å². The van der Waals surface area contributed by atoms with Gasteiger partial charge in [-0.3, -0.25) is 0 Å². The van der Waals surface area contributed by atoms with Crippen molar-refractivity contribution in [2.45, 2.75) is 52.1 Å². The molecule has 0 spiro atoms. The van der Waals surface area contributed by atoms with Crippen LogP contribution in [0.5, 0.6) is 0 Å². The van der Waals surface area contributed by atoms with Crippen molar-refractivity contribution in [1.82, 2.24) is 15.2 Å². The van der Waals surface area contributed by atoms with Crippen molar-refractivity contribution in [2.24, 2.45) is 0 Å². The molecule has 1 aromatic rings. The average molecular weight is 278 g/mol. The van der Waals surface area contributed by atoms with E-state index in [4.69, 9.17) is 5.73 Å². The standard InChI is InChI=1S/C16H30N4/c1-7-10-18-14(16(4,8-2)20(5)6)13-12(3)9-11-19-15(13)17/h9,11,14,18H,7-8,10H2,1-6H3,(H2,17,19). The lowest BCUT2D eigenvalue weighted by Crippen LogP contribution is -2.51. The summed E-state index contributed by atoms with van der Waals surface area (Å²) in [6.45, 7) is 9.78. The van der Waals surface area contributed by atoms with E-state index in [2.05, 4.69) is 57.0 Å². The lowest BCUT2D eigenvalue weighted by Gasteiger charge is -2.44. The van der Waals surface area contributed by atoms with Crippen LogP contribution < -0.4 is 11.1 Å². The molecule has 1 aromatic heterocycles. The van der Waals surface area contributed by atoms with Crippen molar-refractivity contribution in [3.05, 3.63) is 23.4 Å². The van der Waals surface area contributed by atoms with Gasteiger partial charge in [-0.2, -0.15) is 0 Å². The molecule has 0 aromatic carbocycles. The number of rotatable bonds is 7. The second-order valence-corrected chi connectivity index (χ2v) is 5.92. The predicted octanol–water partition coefficient (Wildman–Crippen LogP) is 2.74. The molecule has 3 N–H and O–H groups in total. The molecule has 20 heavy (non-hydrogen) atoms. The molecule has 0 saturated carbocycles. The van der Waals surface area contributed by atoms with E-state index in [0.29, 0.717) is 5.82 Å². The molecule has 0 aliphatic heterocycles. The SMILES string of the molecule is CCCNC(c1c(C)ccnc1N)C(C)(CC)N(C)C. The number of anilines is 1. The molecule has 4 heteroatoms. The molecule has 114 valence electrons. The summed E-state index contributed by atoms with van der Waals surface area (Å²) in [6.07, 6.45) is 3.92. The van der Waals surface area contributed by atoms with Crippen LogP contribution in [0.2, 0.25) is 0 Å². The molecular weight excluding hydrogens is 248 g/mol. The first-order valence-corrected chi connectivity index (χ1v) is 7.50. The zero-order chi connectivity index (χ0) is 15.3. The smallest absolute Gasteiger partial charge is 0.128 e. The second kappa shape index (κ2) is 7.04. The van der Waals surface area contributed by atoms with Gasteiger partial charge in [-0.25, -0.2) is 4.98 Å². The van der Waals surface area contributed by atoms with E-state index in [1.807, 2.05) is 6.07 Å². The Bertz CT molecular complexity index is 410. The Morgan fingerprint density at radius 1 is 1.40 bits per heavy atom. The molecule has 2 atom stereocenters. The fourth-order valence-corrected chi connectivity index (χ4v) is 2.67. The summed E-state index contributed by atoms with van der Waals surface area (Å²) in [6, 6.07) is 2.22. The second-order valence-electron chi connectivity index (χ2n) is 5.92. The summed E-state index contributed by atoms with van der Waals surface area (Å²) in [5, 5.41) is 3.68. The molecule has 0 amide bonds. The number of aryl methyl sites for hydroxylation is 1. The maximum atomic E-state index is 6.18. The molecule has 0 fully saturated rings. The van der Waals surface area contributed by atoms with Crippen molar-refractivity contribution in [3.8, 4) is 0 Å². The average Bonchev–Trinajstić information content (AvgIpc) is 2.41. The van der Waals surface area contributed by atoms with Gasteiger partial charge in [0.1, 0.15) is 5.82 Å². The fraction of sp³-hybridized carbons (Fsp3) is 0.688. The van der Waals surface area contributed by atoms with Crippen molar-refractivity contribution >= 4 is 5.82 Å². The van der Waals surface area contributed by atoms with Gasteiger partial charge in [0.2, 0.25) is 0 Å². The van der Waals surface area contributed by atoms with Crippen LogP contribution in [0.25, 0.3) is 0 Å². The van der Waals surface area contributed by atoms with E-state index in [1.165, 1.54) is 5.56 Å². The highest BCUT2D eigenvalue weighted by molar-refractivity contribution is 5.47. The highest BCUT2D eigenvalue weighted by atomic mass is 15.2. The normalized spacial score (nSPS) is 16.1. The first kappa shape index (κ1) is 16.9. The number of hydrogen-bond acceptors (Lipinski definition) is 4. The summed E-state index contributed by atoms with van der Waals surface area (Å²) < 4.78 is 0. The molecule has 1 heterocycles. The van der Waals surface area contributed by atoms with Gasteiger partial charge in [-0.15, -0.1) is 0 Å². The fourth-order valence-electron chi connectivity index (χ4n) is 2.67. The van der Waals surface area contributed by atoms with Crippen LogP contribution in [0.15, 0.2) is 12.3 Å². The first-order chi connectivity index (χ1) is 9.38. The Kier molecular flexibility index (Phi) is 5.96. The molecular formula is C16H30N4. The number of pyridine rings is 1. The van der Waals surface area contributed by atoms with Crippen LogP contribution in [0.1, 0.15) is 50.8 Å². The Morgan fingerprint density at radius 3 is 2.50 bits per heavy atom. The largest absolute Gasteiger partial charge is 0.383 e. The van der Waals surface area contributed by atoms with Crippen LogP contribution in [0.3, 0.4) is 0 Å². The van der Waals surface area contributed by atoms with Crippen molar-refractivity contribution < 1.29 is 0 Å². The van der Waals surface area contributed by atoms with Gasteiger partial charge in [0.05, 0.1) is 6.04 Å². The first-order valence-electron chi connectivity index (χ1n) is 7.50. The molecule has 0 aliphatic rings. The minimum atomic E-state index is -0.00289. The van der Waals surface area contributed by atoms with E-state index >= 15 is 0 Å². The number of nitrogens with two attached hydrogens (primary N) is 1. The quantitative estimate of drug-likeness (QED) is 0.805. The topological polar surface area (TPSA) is 54.2 Å². The maximum Gasteiger partial charge on any atom is 0.128 e. The van der Waals surface area contributed by atoms with Crippen molar-refractivity contribution in [1.29, 1.82) is 0 Å². The number of nitrogens with zero attached hydrogens (tertiary/aromatic N) is 2. The summed E-state index contributed by atoms with van der Waals surface area (Å²) >= 11 is 0. The van der Waals surface area contributed by atoms with E-state index in [1.54, 1.807) is 6.20 Å². The Morgan fingerprint density at radius 2 is 2.05 bits per heavy atom. The van der Waals surface area contributed by atoms with Gasteiger partial charge in [-0.1, -0.05) is 13.8 Å². The number of nitrogen functional groups attached to an aromatic ring is 1.